The highest BCUT2D eigenvalue weighted by Gasteiger charge is 2.56. The predicted octanol–water partition coefficient (Wildman–Crippen LogP) is -1.94. The lowest BCUT2D eigenvalue weighted by Gasteiger charge is -2.44. The number of carbonyl (C=O) groups is 1. The lowest BCUT2D eigenvalue weighted by Crippen LogP contribution is -2.66. The third-order valence-electron chi connectivity index (χ3n) is 2.66. The average Bonchev–Trinajstić information content (AvgIpc) is 2.30. The van der Waals surface area contributed by atoms with Gasteiger partial charge in [-0.05, 0) is 17.6 Å². The van der Waals surface area contributed by atoms with Crippen LogP contribution in [0.3, 0.4) is 0 Å². The second kappa shape index (κ2) is 4.96. The van der Waals surface area contributed by atoms with Crippen LogP contribution in [0.1, 0.15) is 6.92 Å². The summed E-state index contributed by atoms with van der Waals surface area (Å²) in [5.74, 6) is -0.841. The van der Waals surface area contributed by atoms with Crippen LogP contribution in [0.15, 0.2) is 5.11 Å². The van der Waals surface area contributed by atoms with Crippen LogP contribution in [0.2, 0.25) is 0 Å². The molecule has 5 atom stereocenters. The molecular formula is C8H13N3O6. The fourth-order valence-corrected chi connectivity index (χ4v) is 1.66. The summed E-state index contributed by atoms with van der Waals surface area (Å²) in [6.45, 7) is 0.289. The molecule has 0 radical (unpaired) electrons. The van der Waals surface area contributed by atoms with E-state index in [4.69, 9.17) is 15.4 Å². The molecule has 4 N–H and O–H groups in total. The topological polar surface area (TPSA) is 156 Å². The monoisotopic (exact) mass is 247 g/mol. The van der Waals surface area contributed by atoms with Gasteiger partial charge in [-0.1, -0.05) is 0 Å². The van der Waals surface area contributed by atoms with E-state index in [0.717, 1.165) is 6.92 Å². The highest BCUT2D eigenvalue weighted by Crippen LogP contribution is 2.32. The van der Waals surface area contributed by atoms with Crippen LogP contribution in [0.5, 0.6) is 0 Å². The number of hydrogen-bond donors (Lipinski definition) is 4. The van der Waals surface area contributed by atoms with Crippen LogP contribution in [0.4, 0.5) is 0 Å². The molecule has 1 heterocycles. The number of hydrogen-bond acceptors (Lipinski definition) is 7. The maximum Gasteiger partial charge on any atom is 0.233 e. The molecular weight excluding hydrogens is 234 g/mol. The summed E-state index contributed by atoms with van der Waals surface area (Å²) in [6.07, 6.45) is -6.59. The number of azide groups is 1. The van der Waals surface area contributed by atoms with Crippen LogP contribution >= 0.6 is 0 Å². The number of carbonyl (C=O) groups excluding carboxylic acids is 1. The molecule has 96 valence electrons. The smallest absolute Gasteiger partial charge is 0.233 e. The Kier molecular flexibility index (Phi) is 4.04. The molecule has 9 heteroatoms. The van der Waals surface area contributed by atoms with Crippen molar-refractivity contribution in [1.29, 1.82) is 0 Å². The summed E-state index contributed by atoms with van der Waals surface area (Å²) in [7, 11) is 0. The molecule has 1 saturated heterocycles. The fourth-order valence-electron chi connectivity index (χ4n) is 1.66. The number of aliphatic hydroxyl groups is 4. The molecule has 0 aromatic rings. The first-order valence-corrected chi connectivity index (χ1v) is 4.81. The van der Waals surface area contributed by atoms with Gasteiger partial charge >= 0.3 is 0 Å². The summed E-state index contributed by atoms with van der Waals surface area (Å²) in [5.41, 5.74) is 6.04. The summed E-state index contributed by atoms with van der Waals surface area (Å²) < 4.78 is 4.94. The van der Waals surface area contributed by atoms with E-state index in [-0.39, 0.29) is 0 Å². The normalized spacial score (nSPS) is 41.7. The van der Waals surface area contributed by atoms with Crippen LogP contribution in [-0.4, -0.2) is 63.0 Å². The number of rotatable bonds is 3. The van der Waals surface area contributed by atoms with E-state index in [1.54, 1.807) is 0 Å². The lowest BCUT2D eigenvalue weighted by atomic mass is 9.89. The Hall–Kier alpha value is -1.22. The van der Waals surface area contributed by atoms with E-state index < -0.39 is 42.5 Å². The minimum absolute atomic E-state index is 0.707. The van der Waals surface area contributed by atoms with E-state index in [2.05, 4.69) is 10.0 Å². The number of nitrogens with zero attached hydrogens (tertiary/aromatic N) is 3. The van der Waals surface area contributed by atoms with Crippen molar-refractivity contribution in [2.24, 2.45) is 5.11 Å². The van der Waals surface area contributed by atoms with Crippen molar-refractivity contribution >= 4 is 5.78 Å². The van der Waals surface area contributed by atoms with Gasteiger partial charge in [0.05, 0.1) is 6.61 Å². The highest BCUT2D eigenvalue weighted by atomic mass is 16.6. The third-order valence-corrected chi connectivity index (χ3v) is 2.66. The molecule has 9 nitrogen and oxygen atoms in total. The van der Waals surface area contributed by atoms with Gasteiger partial charge in [-0.15, -0.1) is 0 Å². The zero-order chi connectivity index (χ0) is 13.2. The number of aliphatic hydroxyl groups excluding tert-OH is 4. The second-order valence-electron chi connectivity index (χ2n) is 3.71. The van der Waals surface area contributed by atoms with Crippen LogP contribution in [0.25, 0.3) is 10.4 Å². The van der Waals surface area contributed by atoms with Gasteiger partial charge in [-0.3, -0.25) is 4.79 Å². The molecule has 0 saturated carbocycles. The maximum atomic E-state index is 11.4. The Labute approximate surface area is 95.9 Å². The van der Waals surface area contributed by atoms with Crippen LogP contribution in [0, 0.1) is 0 Å². The molecule has 1 rings (SSSR count). The molecule has 0 aliphatic carbocycles. The predicted molar refractivity (Wildman–Crippen MR) is 52.5 cm³/mol. The molecule has 1 fully saturated rings. The fraction of sp³-hybridized carbons (Fsp3) is 0.875. The highest BCUT2D eigenvalue weighted by molar-refractivity contribution is 5.85. The molecule has 0 aromatic carbocycles. The summed E-state index contributed by atoms with van der Waals surface area (Å²) in [6, 6.07) is 0. The molecule has 1 aliphatic rings. The van der Waals surface area contributed by atoms with Crippen molar-refractivity contribution in [2.45, 2.75) is 37.1 Å². The molecule has 0 amide bonds. The quantitative estimate of drug-likeness (QED) is 0.258. The molecule has 17 heavy (non-hydrogen) atoms. The molecule has 1 aliphatic heterocycles. The van der Waals surface area contributed by atoms with E-state index >= 15 is 0 Å². The number of ketones is 1. The van der Waals surface area contributed by atoms with E-state index in [1.807, 2.05) is 0 Å². The first kappa shape index (κ1) is 13.8. The summed E-state index contributed by atoms with van der Waals surface area (Å²) in [4.78, 5) is 13.8. The van der Waals surface area contributed by atoms with Crippen molar-refractivity contribution in [3.8, 4) is 0 Å². The van der Waals surface area contributed by atoms with Gasteiger partial charge in [0.15, 0.2) is 5.78 Å². The Balaban J connectivity index is 3.20. The zero-order valence-electron chi connectivity index (χ0n) is 8.96. The van der Waals surface area contributed by atoms with Crippen LogP contribution < -0.4 is 0 Å². The van der Waals surface area contributed by atoms with E-state index in [9.17, 15) is 20.1 Å². The van der Waals surface area contributed by atoms with Crippen LogP contribution in [-0.2, 0) is 9.53 Å². The Morgan fingerprint density at radius 1 is 1.47 bits per heavy atom. The molecule has 0 spiro atoms. The minimum Gasteiger partial charge on any atom is -0.394 e. The Morgan fingerprint density at radius 2 is 2.06 bits per heavy atom. The van der Waals surface area contributed by atoms with Gasteiger partial charge in [0.25, 0.3) is 0 Å². The van der Waals surface area contributed by atoms with Crippen molar-refractivity contribution in [3.63, 3.8) is 0 Å². The van der Waals surface area contributed by atoms with Crippen molar-refractivity contribution in [3.05, 3.63) is 10.4 Å². The van der Waals surface area contributed by atoms with Gasteiger partial charge in [-0.25, -0.2) is 0 Å². The van der Waals surface area contributed by atoms with Gasteiger partial charge in [0, 0.05) is 4.91 Å². The summed E-state index contributed by atoms with van der Waals surface area (Å²) >= 11 is 0. The number of Topliss-reactive ketones (excluding diaryl/α,β-unsaturated/α-hetero) is 1. The van der Waals surface area contributed by atoms with E-state index in [1.165, 1.54) is 0 Å². The molecule has 0 bridgehead atoms. The third kappa shape index (κ3) is 2.12. The first-order valence-electron chi connectivity index (χ1n) is 4.81. The minimum atomic E-state index is -2.33. The average molecular weight is 247 g/mol. The van der Waals surface area contributed by atoms with E-state index in [0.29, 0.717) is 0 Å². The molecule has 0 unspecified atom stereocenters. The lowest BCUT2D eigenvalue weighted by molar-refractivity contribution is -0.262. The van der Waals surface area contributed by atoms with Gasteiger partial charge in [0.2, 0.25) is 5.72 Å². The zero-order valence-corrected chi connectivity index (χ0v) is 8.96. The first-order chi connectivity index (χ1) is 7.90. The standard InChI is InChI=1S/C8H13N3O6/c1-3(13)8(10-11-9)7(16)6(15)5(14)4(2-12)17-8/h4-7,12,14-16H,2H2,1H3/t4-,5-,6+,7-,8-/m1/s1. The Morgan fingerprint density at radius 3 is 2.47 bits per heavy atom. The van der Waals surface area contributed by atoms with Crippen molar-refractivity contribution in [2.75, 3.05) is 6.61 Å². The SMILES string of the molecule is CC(=O)[C@@]1(N=[N+]=[N-])O[C@H](CO)[C@@H](O)[C@H](O)[C@H]1O. The summed E-state index contributed by atoms with van der Waals surface area (Å²) in [5, 5.41) is 40.6. The molecule has 0 aromatic heterocycles. The second-order valence-corrected chi connectivity index (χ2v) is 3.71. The number of ether oxygens (including phenoxy) is 1. The van der Waals surface area contributed by atoms with Gasteiger partial charge < -0.3 is 25.2 Å². The Bertz CT molecular complexity index is 351. The van der Waals surface area contributed by atoms with Crippen molar-refractivity contribution < 1.29 is 30.0 Å². The maximum absolute atomic E-state index is 11.4. The van der Waals surface area contributed by atoms with Crippen molar-refractivity contribution in [1.82, 2.24) is 0 Å². The van der Waals surface area contributed by atoms with Gasteiger partial charge in [-0.2, -0.15) is 0 Å². The largest absolute Gasteiger partial charge is 0.394 e. The van der Waals surface area contributed by atoms with Gasteiger partial charge in [0.1, 0.15) is 24.4 Å².